The van der Waals surface area contributed by atoms with E-state index in [2.05, 4.69) is 4.98 Å². The number of pyridine rings is 1. The first-order valence-electron chi connectivity index (χ1n) is 3.37. The van der Waals surface area contributed by atoms with E-state index in [9.17, 15) is 0 Å². The average molecular weight is 207 g/mol. The van der Waals surface area contributed by atoms with Crippen LogP contribution in [0.2, 0.25) is 10.0 Å². The van der Waals surface area contributed by atoms with Crippen LogP contribution in [0.15, 0.2) is 12.4 Å². The van der Waals surface area contributed by atoms with Crippen LogP contribution in [0.3, 0.4) is 0 Å². The summed E-state index contributed by atoms with van der Waals surface area (Å²) in [5.74, 6) is 0.443. The molecule has 0 aromatic carbocycles. The number of ether oxygens (including phenoxy) is 1. The predicted molar refractivity (Wildman–Crippen MR) is 48.8 cm³/mol. The fourth-order valence-corrected chi connectivity index (χ4v) is 1.17. The number of aromatic nitrogens is 1. The van der Waals surface area contributed by atoms with E-state index in [4.69, 9.17) is 33.7 Å². The topological polar surface area (TPSA) is 48.1 Å². The highest BCUT2D eigenvalue weighted by Gasteiger charge is 2.05. The van der Waals surface area contributed by atoms with Crippen LogP contribution in [0, 0.1) is 0 Å². The number of hydrogen-bond donors (Lipinski definition) is 1. The number of halogens is 2. The van der Waals surface area contributed by atoms with E-state index in [1.807, 2.05) is 0 Å². The molecule has 1 rings (SSSR count). The third-order valence-electron chi connectivity index (χ3n) is 1.17. The fourth-order valence-electron chi connectivity index (χ4n) is 0.698. The van der Waals surface area contributed by atoms with Gasteiger partial charge in [-0.3, -0.25) is 4.98 Å². The summed E-state index contributed by atoms with van der Waals surface area (Å²) in [6, 6.07) is 0. The summed E-state index contributed by atoms with van der Waals surface area (Å²) in [6.45, 7) is 0.818. The second-order valence-corrected chi connectivity index (χ2v) is 2.88. The zero-order valence-electron chi connectivity index (χ0n) is 6.26. The minimum atomic E-state index is 0.392. The molecule has 0 aliphatic carbocycles. The van der Waals surface area contributed by atoms with Gasteiger partial charge in [-0.15, -0.1) is 0 Å². The highest BCUT2D eigenvalue weighted by atomic mass is 35.5. The Morgan fingerprint density at radius 3 is 2.42 bits per heavy atom. The maximum Gasteiger partial charge on any atom is 0.159 e. The summed E-state index contributed by atoms with van der Waals surface area (Å²) in [5.41, 5.74) is 5.25. The van der Waals surface area contributed by atoms with Crippen molar-refractivity contribution in [3.63, 3.8) is 0 Å². The van der Waals surface area contributed by atoms with Crippen molar-refractivity contribution in [2.75, 3.05) is 13.2 Å². The van der Waals surface area contributed by atoms with Crippen LogP contribution < -0.4 is 10.5 Å². The van der Waals surface area contributed by atoms with Gasteiger partial charge in [-0.2, -0.15) is 0 Å². The lowest BCUT2D eigenvalue weighted by Gasteiger charge is -2.06. The molecule has 0 aliphatic heterocycles. The van der Waals surface area contributed by atoms with Crippen LogP contribution in [-0.4, -0.2) is 18.1 Å². The highest BCUT2D eigenvalue weighted by molar-refractivity contribution is 6.36. The zero-order valence-corrected chi connectivity index (χ0v) is 7.77. The van der Waals surface area contributed by atoms with E-state index < -0.39 is 0 Å². The van der Waals surface area contributed by atoms with Crippen LogP contribution in [0.5, 0.6) is 5.75 Å². The molecule has 12 heavy (non-hydrogen) atoms. The van der Waals surface area contributed by atoms with Gasteiger partial charge in [0.2, 0.25) is 0 Å². The molecule has 0 unspecified atom stereocenters. The minimum absolute atomic E-state index is 0.392. The Morgan fingerprint density at radius 2 is 1.92 bits per heavy atom. The second-order valence-electron chi connectivity index (χ2n) is 2.07. The molecule has 0 aliphatic rings. The first-order chi connectivity index (χ1) is 5.75. The molecule has 5 heteroatoms. The third-order valence-corrected chi connectivity index (χ3v) is 1.71. The van der Waals surface area contributed by atoms with Gasteiger partial charge < -0.3 is 10.5 Å². The molecule has 1 heterocycles. The zero-order chi connectivity index (χ0) is 8.97. The number of nitrogens with zero attached hydrogens (tertiary/aromatic N) is 1. The molecule has 66 valence electrons. The molecule has 0 amide bonds. The van der Waals surface area contributed by atoms with Crippen molar-refractivity contribution in [2.24, 2.45) is 5.73 Å². The Bertz CT molecular complexity index is 247. The fraction of sp³-hybridized carbons (Fsp3) is 0.286. The van der Waals surface area contributed by atoms with Crippen LogP contribution >= 0.6 is 23.2 Å². The van der Waals surface area contributed by atoms with Gasteiger partial charge in [0.15, 0.2) is 5.75 Å². The summed E-state index contributed by atoms with van der Waals surface area (Å²) in [5, 5.41) is 0.798. The molecule has 0 spiro atoms. The summed E-state index contributed by atoms with van der Waals surface area (Å²) in [7, 11) is 0. The van der Waals surface area contributed by atoms with Gasteiger partial charge >= 0.3 is 0 Å². The van der Waals surface area contributed by atoms with Crippen LogP contribution in [0.1, 0.15) is 0 Å². The van der Waals surface area contributed by atoms with Crippen molar-refractivity contribution in [3.8, 4) is 5.75 Å². The molecule has 0 radical (unpaired) electrons. The van der Waals surface area contributed by atoms with E-state index >= 15 is 0 Å². The number of hydrogen-bond acceptors (Lipinski definition) is 3. The van der Waals surface area contributed by atoms with Gasteiger partial charge in [0, 0.05) is 18.9 Å². The molecule has 1 aromatic heterocycles. The van der Waals surface area contributed by atoms with Crippen LogP contribution in [0.4, 0.5) is 0 Å². The Kier molecular flexibility index (Phi) is 3.59. The lowest BCUT2D eigenvalue weighted by molar-refractivity contribution is 0.328. The maximum absolute atomic E-state index is 5.75. The van der Waals surface area contributed by atoms with E-state index in [0.717, 1.165) is 0 Å². The Labute approximate surface area is 80.4 Å². The minimum Gasteiger partial charge on any atom is -0.489 e. The van der Waals surface area contributed by atoms with Crippen molar-refractivity contribution in [1.29, 1.82) is 0 Å². The first-order valence-corrected chi connectivity index (χ1v) is 4.13. The lowest BCUT2D eigenvalue weighted by Crippen LogP contribution is -2.11. The van der Waals surface area contributed by atoms with Gasteiger partial charge in [0.05, 0.1) is 0 Å². The number of nitrogens with two attached hydrogens (primary N) is 1. The van der Waals surface area contributed by atoms with Crippen molar-refractivity contribution >= 4 is 23.2 Å². The van der Waals surface area contributed by atoms with Gasteiger partial charge in [0.25, 0.3) is 0 Å². The van der Waals surface area contributed by atoms with Crippen molar-refractivity contribution < 1.29 is 4.74 Å². The molecule has 0 bridgehead atoms. The molecule has 3 nitrogen and oxygen atoms in total. The molecule has 0 atom stereocenters. The van der Waals surface area contributed by atoms with Crippen LogP contribution in [-0.2, 0) is 0 Å². The Balaban J connectivity index is 2.81. The maximum atomic E-state index is 5.75. The van der Waals surface area contributed by atoms with Crippen molar-refractivity contribution in [3.05, 3.63) is 22.4 Å². The quantitative estimate of drug-likeness (QED) is 0.820. The Hall–Kier alpha value is -0.510. The highest BCUT2D eigenvalue weighted by Crippen LogP contribution is 2.30. The molecule has 2 N–H and O–H groups in total. The molecular formula is C7H8Cl2N2O. The van der Waals surface area contributed by atoms with Gasteiger partial charge in [0.1, 0.15) is 16.7 Å². The molecule has 0 fully saturated rings. The molecule has 0 saturated carbocycles. The van der Waals surface area contributed by atoms with Gasteiger partial charge in [-0.05, 0) is 0 Å². The van der Waals surface area contributed by atoms with Gasteiger partial charge in [-0.25, -0.2) is 0 Å². The van der Waals surface area contributed by atoms with Crippen LogP contribution in [0.25, 0.3) is 0 Å². The standard InChI is InChI=1S/C7H8Cl2N2O/c8-5-3-11-4-6(9)7(5)12-2-1-10/h3-4H,1-2,10H2. The summed E-state index contributed by atoms with van der Waals surface area (Å²) in [6.07, 6.45) is 2.94. The van der Waals surface area contributed by atoms with E-state index in [-0.39, 0.29) is 0 Å². The van der Waals surface area contributed by atoms with Crippen molar-refractivity contribution in [2.45, 2.75) is 0 Å². The average Bonchev–Trinajstić information content (AvgIpc) is 2.04. The normalized spacial score (nSPS) is 9.92. The SMILES string of the molecule is NCCOc1c(Cl)cncc1Cl. The van der Waals surface area contributed by atoms with E-state index in [1.165, 1.54) is 12.4 Å². The van der Waals surface area contributed by atoms with Gasteiger partial charge in [-0.1, -0.05) is 23.2 Å². The summed E-state index contributed by atoms with van der Waals surface area (Å²) in [4.78, 5) is 3.78. The lowest BCUT2D eigenvalue weighted by atomic mass is 10.4. The molecule has 0 saturated heterocycles. The third kappa shape index (κ3) is 2.24. The predicted octanol–water partition coefficient (Wildman–Crippen LogP) is 1.73. The van der Waals surface area contributed by atoms with Crippen molar-refractivity contribution in [1.82, 2.24) is 4.98 Å². The van der Waals surface area contributed by atoms with E-state index in [0.29, 0.717) is 28.9 Å². The second kappa shape index (κ2) is 4.50. The Morgan fingerprint density at radius 1 is 1.33 bits per heavy atom. The largest absolute Gasteiger partial charge is 0.489 e. The molecule has 1 aromatic rings. The number of rotatable bonds is 3. The monoisotopic (exact) mass is 206 g/mol. The summed E-state index contributed by atoms with van der Waals surface area (Å²) < 4.78 is 5.19. The van der Waals surface area contributed by atoms with E-state index in [1.54, 1.807) is 0 Å². The molecular weight excluding hydrogens is 199 g/mol. The first kappa shape index (κ1) is 9.58. The smallest absolute Gasteiger partial charge is 0.159 e. The summed E-state index contributed by atoms with van der Waals surface area (Å²) >= 11 is 11.5.